The Balaban J connectivity index is 1.71. The summed E-state index contributed by atoms with van der Waals surface area (Å²) in [6, 6.07) is 15.2. The van der Waals surface area contributed by atoms with Crippen molar-refractivity contribution in [3.63, 3.8) is 0 Å². The van der Waals surface area contributed by atoms with Crippen molar-refractivity contribution >= 4 is 22.9 Å². The maximum absolute atomic E-state index is 5.80. The number of nitrogens with one attached hydrogen (secondary N) is 1. The van der Waals surface area contributed by atoms with Crippen molar-refractivity contribution in [2.45, 2.75) is 26.3 Å². The molecule has 35 heavy (non-hydrogen) atoms. The van der Waals surface area contributed by atoms with Crippen molar-refractivity contribution in [1.29, 1.82) is 0 Å². The fourth-order valence-electron chi connectivity index (χ4n) is 4.03. The monoisotopic (exact) mass is 494 g/mol. The topological polar surface area (TPSA) is 81.9 Å². The standard InChI is InChI=1S/C26H30N4O4S/c1-5-33-16-6-15-30-17(2)22(23(27-26(30)35)18-7-11-20(31-3)12-8-18)25-28-24(29-34-25)19-9-13-21(32-4)14-10-19/h7-14,23H,5-6,15-16H2,1-4H3,(H,27,35). The Labute approximate surface area is 210 Å². The number of rotatable bonds is 10. The predicted octanol–water partition coefficient (Wildman–Crippen LogP) is 4.84. The fourth-order valence-corrected chi connectivity index (χ4v) is 4.38. The van der Waals surface area contributed by atoms with Gasteiger partial charge in [-0.15, -0.1) is 0 Å². The van der Waals surface area contributed by atoms with Crippen molar-refractivity contribution in [2.75, 3.05) is 34.0 Å². The minimum Gasteiger partial charge on any atom is -0.497 e. The van der Waals surface area contributed by atoms with E-state index in [1.54, 1.807) is 14.2 Å². The molecular formula is C26H30N4O4S. The zero-order chi connectivity index (χ0) is 24.8. The molecule has 2 aromatic carbocycles. The fraction of sp³-hybridized carbons (Fsp3) is 0.346. The largest absolute Gasteiger partial charge is 0.497 e. The Kier molecular flexibility index (Phi) is 7.99. The maximum Gasteiger partial charge on any atom is 0.258 e. The lowest BCUT2D eigenvalue weighted by atomic mass is 9.94. The minimum atomic E-state index is -0.249. The molecule has 1 atom stereocenters. The normalized spacial score (nSPS) is 15.8. The molecule has 9 heteroatoms. The first kappa shape index (κ1) is 24.7. The number of allylic oxidation sites excluding steroid dienone is 1. The van der Waals surface area contributed by atoms with Crippen molar-refractivity contribution in [3.05, 3.63) is 65.7 Å². The van der Waals surface area contributed by atoms with Crippen LogP contribution in [0.25, 0.3) is 17.0 Å². The molecule has 1 aromatic heterocycles. The van der Waals surface area contributed by atoms with Gasteiger partial charge in [-0.3, -0.25) is 0 Å². The molecule has 0 saturated heterocycles. The van der Waals surface area contributed by atoms with Crippen LogP contribution in [0.3, 0.4) is 0 Å². The average molecular weight is 495 g/mol. The Morgan fingerprint density at radius 1 is 1.03 bits per heavy atom. The third-order valence-corrected chi connectivity index (χ3v) is 6.26. The summed E-state index contributed by atoms with van der Waals surface area (Å²) in [6.45, 7) is 6.11. The first-order chi connectivity index (χ1) is 17.0. The number of methoxy groups -OCH3 is 2. The third kappa shape index (κ3) is 5.47. The van der Waals surface area contributed by atoms with Crippen molar-refractivity contribution in [3.8, 4) is 22.9 Å². The lowest BCUT2D eigenvalue weighted by Crippen LogP contribution is -2.46. The van der Waals surface area contributed by atoms with E-state index < -0.39 is 0 Å². The van der Waals surface area contributed by atoms with Gasteiger partial charge in [0.25, 0.3) is 5.89 Å². The van der Waals surface area contributed by atoms with E-state index in [0.29, 0.717) is 30.0 Å². The Morgan fingerprint density at radius 2 is 1.69 bits per heavy atom. The van der Waals surface area contributed by atoms with Gasteiger partial charge in [-0.05, 0) is 74.4 Å². The van der Waals surface area contributed by atoms with E-state index in [4.69, 9.17) is 35.9 Å². The maximum atomic E-state index is 5.80. The van der Waals surface area contributed by atoms with Crippen LogP contribution < -0.4 is 14.8 Å². The quantitative estimate of drug-likeness (QED) is 0.314. The number of aromatic nitrogens is 2. The number of hydrogen-bond acceptors (Lipinski definition) is 7. The summed E-state index contributed by atoms with van der Waals surface area (Å²) < 4.78 is 21.9. The summed E-state index contributed by atoms with van der Waals surface area (Å²) in [5, 5.41) is 8.39. The van der Waals surface area contributed by atoms with Crippen molar-refractivity contribution < 1.29 is 18.7 Å². The molecular weight excluding hydrogens is 464 g/mol. The summed E-state index contributed by atoms with van der Waals surface area (Å²) in [4.78, 5) is 6.82. The molecule has 0 radical (unpaired) electrons. The summed E-state index contributed by atoms with van der Waals surface area (Å²) >= 11 is 5.75. The van der Waals surface area contributed by atoms with Crippen LogP contribution in [0, 0.1) is 0 Å². The molecule has 0 spiro atoms. The van der Waals surface area contributed by atoms with Gasteiger partial charge in [0.2, 0.25) is 5.82 Å². The number of ether oxygens (including phenoxy) is 3. The Morgan fingerprint density at radius 3 is 2.31 bits per heavy atom. The van der Waals surface area contributed by atoms with Gasteiger partial charge < -0.3 is 29.0 Å². The Bertz CT molecular complexity index is 1170. The van der Waals surface area contributed by atoms with Gasteiger partial charge in [0.15, 0.2) is 5.11 Å². The highest BCUT2D eigenvalue weighted by Gasteiger charge is 2.34. The molecule has 0 aliphatic carbocycles. The number of hydrogen-bond donors (Lipinski definition) is 1. The van der Waals surface area contributed by atoms with Crippen LogP contribution in [0.5, 0.6) is 11.5 Å². The van der Waals surface area contributed by atoms with Crippen molar-refractivity contribution in [2.24, 2.45) is 0 Å². The van der Waals surface area contributed by atoms with Gasteiger partial charge in [0.1, 0.15) is 11.5 Å². The summed E-state index contributed by atoms with van der Waals surface area (Å²) in [7, 11) is 3.29. The van der Waals surface area contributed by atoms with E-state index in [1.807, 2.05) is 62.4 Å². The zero-order valence-corrected chi connectivity index (χ0v) is 21.2. The molecule has 184 valence electrons. The SMILES string of the molecule is CCOCCCN1C(=S)NC(c2ccc(OC)cc2)C(c2nc(-c3ccc(OC)cc3)no2)=C1C. The predicted molar refractivity (Wildman–Crippen MR) is 138 cm³/mol. The van der Waals surface area contributed by atoms with Gasteiger partial charge in [-0.25, -0.2) is 0 Å². The van der Waals surface area contributed by atoms with Crippen LogP contribution in [0.2, 0.25) is 0 Å². The lowest BCUT2D eigenvalue weighted by molar-refractivity contribution is 0.141. The van der Waals surface area contributed by atoms with Gasteiger partial charge >= 0.3 is 0 Å². The van der Waals surface area contributed by atoms with Crippen LogP contribution in [0.15, 0.2) is 58.8 Å². The van der Waals surface area contributed by atoms with Crippen LogP contribution in [-0.2, 0) is 4.74 Å². The van der Waals surface area contributed by atoms with E-state index in [9.17, 15) is 0 Å². The lowest BCUT2D eigenvalue weighted by Gasteiger charge is -2.37. The molecule has 0 amide bonds. The molecule has 2 heterocycles. The van der Waals surface area contributed by atoms with Crippen LogP contribution in [-0.4, -0.2) is 54.1 Å². The molecule has 8 nitrogen and oxygen atoms in total. The highest BCUT2D eigenvalue weighted by Crippen LogP contribution is 2.38. The van der Waals surface area contributed by atoms with E-state index in [2.05, 4.69) is 15.4 Å². The number of benzene rings is 2. The van der Waals surface area contributed by atoms with Gasteiger partial charge in [0, 0.05) is 31.0 Å². The van der Waals surface area contributed by atoms with Gasteiger partial charge in [-0.2, -0.15) is 4.98 Å². The van der Waals surface area contributed by atoms with E-state index in [0.717, 1.165) is 46.9 Å². The smallest absolute Gasteiger partial charge is 0.258 e. The molecule has 1 aliphatic heterocycles. The highest BCUT2D eigenvalue weighted by molar-refractivity contribution is 7.80. The van der Waals surface area contributed by atoms with Crippen LogP contribution >= 0.6 is 12.2 Å². The molecule has 0 fully saturated rings. The average Bonchev–Trinajstić information content (AvgIpc) is 3.37. The second kappa shape index (κ2) is 11.3. The summed E-state index contributed by atoms with van der Waals surface area (Å²) in [5.41, 5.74) is 3.71. The second-order valence-electron chi connectivity index (χ2n) is 8.01. The first-order valence-electron chi connectivity index (χ1n) is 11.5. The summed E-state index contributed by atoms with van der Waals surface area (Å²) in [5.74, 6) is 2.50. The van der Waals surface area contributed by atoms with E-state index in [1.165, 1.54) is 0 Å². The minimum absolute atomic E-state index is 0.249. The van der Waals surface area contributed by atoms with Crippen molar-refractivity contribution in [1.82, 2.24) is 20.4 Å². The van der Waals surface area contributed by atoms with Gasteiger partial charge in [-0.1, -0.05) is 17.3 Å². The molecule has 0 saturated carbocycles. The second-order valence-corrected chi connectivity index (χ2v) is 8.40. The molecule has 1 N–H and O–H groups in total. The molecule has 0 bridgehead atoms. The van der Waals surface area contributed by atoms with E-state index >= 15 is 0 Å². The number of nitrogens with zero attached hydrogens (tertiary/aromatic N) is 3. The first-order valence-corrected chi connectivity index (χ1v) is 12.0. The molecule has 1 unspecified atom stereocenters. The third-order valence-electron chi connectivity index (χ3n) is 5.92. The highest BCUT2D eigenvalue weighted by atomic mass is 32.1. The molecule has 3 aromatic rings. The van der Waals surface area contributed by atoms with Gasteiger partial charge in [0.05, 0.1) is 25.8 Å². The molecule has 1 aliphatic rings. The number of thiocarbonyl (C=S) groups is 1. The van der Waals surface area contributed by atoms with Crippen LogP contribution in [0.1, 0.15) is 37.8 Å². The Hall–Kier alpha value is -3.43. The zero-order valence-electron chi connectivity index (χ0n) is 20.4. The van der Waals surface area contributed by atoms with Crippen LogP contribution in [0.4, 0.5) is 0 Å². The van der Waals surface area contributed by atoms with E-state index in [-0.39, 0.29) is 6.04 Å². The molecule has 4 rings (SSSR count). The summed E-state index contributed by atoms with van der Waals surface area (Å²) in [6.07, 6.45) is 0.842.